The Morgan fingerprint density at radius 1 is 1.12 bits per heavy atom. The van der Waals surface area contributed by atoms with Crippen LogP contribution in [0.25, 0.3) is 6.08 Å². The normalized spacial score (nSPS) is 14.9. The van der Waals surface area contributed by atoms with Gasteiger partial charge in [0.05, 0.1) is 35.6 Å². The van der Waals surface area contributed by atoms with Crippen LogP contribution < -0.4 is 24.4 Å². The van der Waals surface area contributed by atoms with Crippen LogP contribution in [0.15, 0.2) is 87.8 Å². The molecule has 2 heterocycles. The molecule has 0 radical (unpaired) electrons. The summed E-state index contributed by atoms with van der Waals surface area (Å²) in [7, 11) is 1.60. The number of aromatic nitrogens is 1. The van der Waals surface area contributed by atoms with Gasteiger partial charge in [-0.05, 0) is 102 Å². The number of carbonyl (C=O) groups is 1. The lowest BCUT2D eigenvalue weighted by Crippen LogP contribution is -2.39. The van der Waals surface area contributed by atoms with Crippen molar-refractivity contribution in [3.8, 4) is 11.5 Å². The highest BCUT2D eigenvalue weighted by Gasteiger charge is 2.33. The molecule has 5 rings (SSSR count). The van der Waals surface area contributed by atoms with Gasteiger partial charge in [0.15, 0.2) is 4.80 Å². The molecule has 0 fully saturated rings. The summed E-state index contributed by atoms with van der Waals surface area (Å²) in [6.07, 6.45) is 1.78. The van der Waals surface area contributed by atoms with Crippen LogP contribution in [0.2, 0.25) is 0 Å². The number of halogens is 2. The Hall–Kier alpha value is -3.77. The number of hydrogen-bond donors (Lipinski definition) is 0. The van der Waals surface area contributed by atoms with Crippen molar-refractivity contribution in [1.29, 1.82) is 0 Å². The molecule has 0 spiro atoms. The smallest absolute Gasteiger partial charge is 0.338 e. The number of thiazole rings is 1. The van der Waals surface area contributed by atoms with Crippen molar-refractivity contribution < 1.29 is 23.4 Å². The van der Waals surface area contributed by atoms with Gasteiger partial charge in [0.1, 0.15) is 23.9 Å². The molecule has 1 unspecified atom stereocenters. The first-order valence-electron chi connectivity index (χ1n) is 12.8. The summed E-state index contributed by atoms with van der Waals surface area (Å²) < 4.78 is 33.6. The van der Waals surface area contributed by atoms with Crippen molar-refractivity contribution in [2.24, 2.45) is 4.99 Å². The number of benzene rings is 3. The quantitative estimate of drug-likeness (QED) is 0.190. The first kappa shape index (κ1) is 28.7. The van der Waals surface area contributed by atoms with Crippen molar-refractivity contribution in [2.45, 2.75) is 26.5 Å². The third-order valence-electron chi connectivity index (χ3n) is 6.51. The van der Waals surface area contributed by atoms with E-state index >= 15 is 0 Å². The van der Waals surface area contributed by atoms with Crippen LogP contribution >= 0.6 is 33.9 Å². The zero-order valence-electron chi connectivity index (χ0n) is 22.5. The fourth-order valence-corrected chi connectivity index (χ4v) is 6.00. The van der Waals surface area contributed by atoms with Crippen molar-refractivity contribution in [3.63, 3.8) is 0 Å². The van der Waals surface area contributed by atoms with Crippen molar-refractivity contribution in [1.82, 2.24) is 4.57 Å². The maximum atomic E-state index is 13.8. The molecule has 10 heteroatoms. The van der Waals surface area contributed by atoms with Crippen LogP contribution in [0, 0.1) is 9.39 Å². The van der Waals surface area contributed by atoms with Crippen LogP contribution in [-0.4, -0.2) is 24.3 Å². The van der Waals surface area contributed by atoms with E-state index in [0.29, 0.717) is 26.3 Å². The topological polar surface area (TPSA) is 79.1 Å². The Balaban J connectivity index is 1.57. The van der Waals surface area contributed by atoms with E-state index in [0.717, 1.165) is 20.4 Å². The van der Waals surface area contributed by atoms with E-state index in [4.69, 9.17) is 14.2 Å². The minimum absolute atomic E-state index is 0.170. The summed E-state index contributed by atoms with van der Waals surface area (Å²) in [6.45, 7) is 3.87. The standard InChI is InChI=1S/C31H26FIN2O5S/c1-4-39-30(37)27-18(2)34-31-35(28(27)20-6-8-22(32)9-7-20)29(36)26(41-31)16-19-5-14-25(38-3)21(15-19)17-40-24-12-10-23(33)11-13-24/h5-16,28H,4,17H2,1-3H3. The van der Waals surface area contributed by atoms with Gasteiger partial charge in [-0.2, -0.15) is 0 Å². The second-order valence-electron chi connectivity index (χ2n) is 9.17. The summed E-state index contributed by atoms with van der Waals surface area (Å²) in [5, 5.41) is 0. The van der Waals surface area contributed by atoms with E-state index in [1.165, 1.54) is 28.0 Å². The average molecular weight is 685 g/mol. The molecule has 41 heavy (non-hydrogen) atoms. The molecule has 7 nitrogen and oxygen atoms in total. The molecule has 1 aromatic heterocycles. The van der Waals surface area contributed by atoms with E-state index in [9.17, 15) is 14.0 Å². The van der Waals surface area contributed by atoms with E-state index in [1.54, 1.807) is 39.2 Å². The molecule has 0 amide bonds. The Labute approximate surface area is 253 Å². The molecule has 1 aliphatic rings. The third-order valence-corrected chi connectivity index (χ3v) is 8.22. The molecule has 3 aromatic carbocycles. The van der Waals surface area contributed by atoms with Crippen molar-refractivity contribution in [2.75, 3.05) is 13.7 Å². The second kappa shape index (κ2) is 12.4. The number of esters is 1. The molecule has 210 valence electrons. The van der Waals surface area contributed by atoms with E-state index in [1.807, 2.05) is 42.5 Å². The lowest BCUT2D eigenvalue weighted by atomic mass is 9.96. The van der Waals surface area contributed by atoms with Gasteiger partial charge in [-0.15, -0.1) is 0 Å². The Morgan fingerprint density at radius 3 is 2.54 bits per heavy atom. The summed E-state index contributed by atoms with van der Waals surface area (Å²) in [4.78, 5) is 31.9. The van der Waals surface area contributed by atoms with Gasteiger partial charge >= 0.3 is 5.97 Å². The molecule has 0 saturated heterocycles. The zero-order chi connectivity index (χ0) is 29.1. The first-order chi connectivity index (χ1) is 19.8. The molecule has 0 aliphatic carbocycles. The number of methoxy groups -OCH3 is 1. The largest absolute Gasteiger partial charge is 0.496 e. The number of nitrogens with zero attached hydrogens (tertiary/aromatic N) is 2. The van der Waals surface area contributed by atoms with Gasteiger partial charge in [0.2, 0.25) is 0 Å². The maximum absolute atomic E-state index is 13.8. The van der Waals surface area contributed by atoms with Gasteiger partial charge in [-0.3, -0.25) is 9.36 Å². The van der Waals surface area contributed by atoms with E-state index in [-0.39, 0.29) is 24.3 Å². The molecule has 0 bridgehead atoms. The highest BCUT2D eigenvalue weighted by Crippen LogP contribution is 2.31. The number of hydrogen-bond acceptors (Lipinski definition) is 7. The molecule has 4 aromatic rings. The Morgan fingerprint density at radius 2 is 1.85 bits per heavy atom. The fraction of sp³-hybridized carbons (Fsp3) is 0.194. The van der Waals surface area contributed by atoms with Crippen LogP contribution in [0.5, 0.6) is 11.5 Å². The molecule has 1 atom stereocenters. The Bertz CT molecular complexity index is 1810. The van der Waals surface area contributed by atoms with Crippen molar-refractivity contribution >= 4 is 46.0 Å². The number of carbonyl (C=O) groups excluding carboxylic acids is 1. The second-order valence-corrected chi connectivity index (χ2v) is 11.4. The predicted molar refractivity (Wildman–Crippen MR) is 163 cm³/mol. The van der Waals surface area contributed by atoms with Crippen LogP contribution in [-0.2, 0) is 16.1 Å². The highest BCUT2D eigenvalue weighted by molar-refractivity contribution is 14.1. The monoisotopic (exact) mass is 684 g/mol. The lowest BCUT2D eigenvalue weighted by molar-refractivity contribution is -0.139. The van der Waals surface area contributed by atoms with Crippen LogP contribution in [0.3, 0.4) is 0 Å². The number of ether oxygens (including phenoxy) is 3. The maximum Gasteiger partial charge on any atom is 0.338 e. The van der Waals surface area contributed by atoms with E-state index in [2.05, 4.69) is 27.6 Å². The summed E-state index contributed by atoms with van der Waals surface area (Å²) in [5.41, 5.74) is 2.55. The van der Waals surface area contributed by atoms with Gasteiger partial charge in [-0.25, -0.2) is 14.2 Å². The zero-order valence-corrected chi connectivity index (χ0v) is 25.5. The van der Waals surface area contributed by atoms with Gasteiger partial charge < -0.3 is 14.2 Å². The van der Waals surface area contributed by atoms with Gasteiger partial charge in [0.25, 0.3) is 5.56 Å². The molecule has 0 saturated carbocycles. The lowest BCUT2D eigenvalue weighted by Gasteiger charge is -2.24. The van der Waals surface area contributed by atoms with Gasteiger partial charge in [0, 0.05) is 9.13 Å². The predicted octanol–water partition coefficient (Wildman–Crippen LogP) is 5.13. The number of allylic oxidation sites excluding steroid dienone is 1. The Kier molecular flexibility index (Phi) is 8.69. The number of fused-ring (bicyclic) bond motifs is 1. The van der Waals surface area contributed by atoms with Crippen molar-refractivity contribution in [3.05, 3.63) is 124 Å². The van der Waals surface area contributed by atoms with Crippen LogP contribution in [0.4, 0.5) is 4.39 Å². The SMILES string of the molecule is CCOC(=O)C1=C(C)N=c2sc(=Cc3ccc(OC)c(COc4ccc(I)cc4)c3)c(=O)n2C1c1ccc(F)cc1. The van der Waals surface area contributed by atoms with Gasteiger partial charge in [-0.1, -0.05) is 29.5 Å². The molecular formula is C31H26FIN2O5S. The fourth-order valence-electron chi connectivity index (χ4n) is 4.60. The van der Waals surface area contributed by atoms with Crippen LogP contribution in [0.1, 0.15) is 36.6 Å². The highest BCUT2D eigenvalue weighted by atomic mass is 127. The first-order valence-corrected chi connectivity index (χ1v) is 14.7. The molecule has 1 aliphatic heterocycles. The summed E-state index contributed by atoms with van der Waals surface area (Å²) in [5.74, 6) is 0.422. The summed E-state index contributed by atoms with van der Waals surface area (Å²) in [6, 6.07) is 18.3. The third kappa shape index (κ3) is 6.13. The minimum atomic E-state index is -0.804. The minimum Gasteiger partial charge on any atom is -0.496 e. The molecular weight excluding hydrogens is 658 g/mol. The summed E-state index contributed by atoms with van der Waals surface area (Å²) >= 11 is 3.46. The van der Waals surface area contributed by atoms with E-state index < -0.39 is 17.8 Å². The number of rotatable bonds is 8. The average Bonchev–Trinajstić information content (AvgIpc) is 3.26. The molecule has 0 N–H and O–H groups in total.